The maximum absolute atomic E-state index is 11.4. The van der Waals surface area contributed by atoms with Gasteiger partial charge in [-0.3, -0.25) is 0 Å². The maximum atomic E-state index is 11.4. The lowest BCUT2D eigenvalue weighted by Crippen LogP contribution is -2.32. The summed E-state index contributed by atoms with van der Waals surface area (Å²) in [5.74, 6) is 0.153. The maximum Gasteiger partial charge on any atom is 0.407 e. The Balaban J connectivity index is 2.53. The van der Waals surface area contributed by atoms with Gasteiger partial charge in [-0.25, -0.2) is 4.79 Å². The number of ether oxygens (including phenoxy) is 1. The average Bonchev–Trinajstić information content (AvgIpc) is 2.10. The smallest absolute Gasteiger partial charge is 0.407 e. The van der Waals surface area contributed by atoms with Crippen LogP contribution in [0.4, 0.5) is 4.79 Å². The molecule has 0 saturated carbocycles. The number of alkyl carbamates (subject to hydrolysis) is 1. The number of phenols is 1. The third-order valence-electron chi connectivity index (χ3n) is 1.78. The summed E-state index contributed by atoms with van der Waals surface area (Å²) in [7, 11) is 0. The average molecular weight is 302 g/mol. The van der Waals surface area contributed by atoms with Crippen LogP contribution in [0.3, 0.4) is 0 Å². The van der Waals surface area contributed by atoms with E-state index in [-0.39, 0.29) is 5.75 Å². The quantitative estimate of drug-likeness (QED) is 0.882. The first kappa shape index (κ1) is 13.8. The number of carbonyl (C=O) groups is 1. The van der Waals surface area contributed by atoms with E-state index in [4.69, 9.17) is 4.74 Å². The summed E-state index contributed by atoms with van der Waals surface area (Å²) >= 11 is 3.26. The molecule has 0 heterocycles. The highest BCUT2D eigenvalue weighted by molar-refractivity contribution is 9.10. The van der Waals surface area contributed by atoms with Crippen molar-refractivity contribution in [2.45, 2.75) is 32.9 Å². The third-order valence-corrected chi connectivity index (χ3v) is 2.24. The highest BCUT2D eigenvalue weighted by Gasteiger charge is 2.15. The molecule has 0 radical (unpaired) electrons. The van der Waals surface area contributed by atoms with Crippen molar-refractivity contribution in [2.75, 3.05) is 0 Å². The van der Waals surface area contributed by atoms with Crippen LogP contribution in [-0.2, 0) is 11.3 Å². The fraction of sp³-hybridized carbons (Fsp3) is 0.417. The predicted octanol–water partition coefficient (Wildman–Crippen LogP) is 3.18. The molecule has 0 atom stereocenters. The van der Waals surface area contributed by atoms with E-state index in [1.807, 2.05) is 6.07 Å². The van der Waals surface area contributed by atoms with Crippen molar-refractivity contribution in [1.29, 1.82) is 0 Å². The molecule has 17 heavy (non-hydrogen) atoms. The monoisotopic (exact) mass is 301 g/mol. The summed E-state index contributed by atoms with van der Waals surface area (Å²) in [6, 6.07) is 4.98. The van der Waals surface area contributed by atoms with Crippen LogP contribution >= 0.6 is 15.9 Å². The summed E-state index contributed by atoms with van der Waals surface area (Å²) in [5, 5.41) is 12.0. The lowest BCUT2D eigenvalue weighted by molar-refractivity contribution is 0.0523. The van der Waals surface area contributed by atoms with Gasteiger partial charge >= 0.3 is 6.09 Å². The predicted molar refractivity (Wildman–Crippen MR) is 68.9 cm³/mol. The molecule has 0 unspecified atom stereocenters. The fourth-order valence-electron chi connectivity index (χ4n) is 1.22. The molecule has 2 N–H and O–H groups in total. The Bertz CT molecular complexity index is 392. The molecule has 0 aliphatic carbocycles. The summed E-state index contributed by atoms with van der Waals surface area (Å²) in [5.41, 5.74) is 0.284. The summed E-state index contributed by atoms with van der Waals surface area (Å²) < 4.78 is 5.86. The first-order valence-corrected chi connectivity index (χ1v) is 6.01. The van der Waals surface area contributed by atoms with Gasteiger partial charge in [0.1, 0.15) is 11.4 Å². The van der Waals surface area contributed by atoms with Gasteiger partial charge in [-0.2, -0.15) is 0 Å². The number of hydrogen-bond donors (Lipinski definition) is 2. The Morgan fingerprint density at radius 3 is 2.59 bits per heavy atom. The minimum Gasteiger partial charge on any atom is -0.508 e. The van der Waals surface area contributed by atoms with Crippen LogP contribution in [0, 0.1) is 0 Å². The molecule has 5 heteroatoms. The fourth-order valence-corrected chi connectivity index (χ4v) is 1.75. The molecule has 1 aromatic carbocycles. The number of phenolic OH excluding ortho intramolecular Hbond substituents is 1. The molecule has 0 aliphatic rings. The highest BCUT2D eigenvalue weighted by atomic mass is 79.9. The van der Waals surface area contributed by atoms with E-state index in [9.17, 15) is 9.90 Å². The first-order valence-electron chi connectivity index (χ1n) is 5.21. The van der Waals surface area contributed by atoms with Gasteiger partial charge in [0.25, 0.3) is 0 Å². The van der Waals surface area contributed by atoms with Gasteiger partial charge < -0.3 is 15.2 Å². The first-order chi connectivity index (χ1) is 7.76. The normalized spacial score (nSPS) is 11.1. The molecule has 1 aromatic rings. The topological polar surface area (TPSA) is 58.6 Å². The number of hydrogen-bond acceptors (Lipinski definition) is 3. The van der Waals surface area contributed by atoms with E-state index in [0.29, 0.717) is 6.54 Å². The zero-order chi connectivity index (χ0) is 13.1. The van der Waals surface area contributed by atoms with E-state index in [0.717, 1.165) is 10.0 Å². The van der Waals surface area contributed by atoms with Crippen LogP contribution in [-0.4, -0.2) is 16.8 Å². The Kier molecular flexibility index (Phi) is 4.40. The number of nitrogens with one attached hydrogen (secondary N) is 1. The van der Waals surface area contributed by atoms with Crippen molar-refractivity contribution in [1.82, 2.24) is 5.32 Å². The zero-order valence-corrected chi connectivity index (χ0v) is 11.7. The zero-order valence-electron chi connectivity index (χ0n) is 10.1. The number of amides is 1. The Morgan fingerprint density at radius 2 is 2.06 bits per heavy atom. The van der Waals surface area contributed by atoms with Crippen molar-refractivity contribution in [2.24, 2.45) is 0 Å². The van der Waals surface area contributed by atoms with E-state index >= 15 is 0 Å². The highest BCUT2D eigenvalue weighted by Crippen LogP contribution is 2.20. The molecule has 1 amide bonds. The van der Waals surface area contributed by atoms with Crippen LogP contribution in [0.15, 0.2) is 22.7 Å². The second kappa shape index (κ2) is 5.40. The minimum atomic E-state index is -0.510. The summed E-state index contributed by atoms with van der Waals surface area (Å²) in [6.07, 6.45) is -0.475. The summed E-state index contributed by atoms with van der Waals surface area (Å²) in [4.78, 5) is 11.4. The minimum absolute atomic E-state index is 0.153. The van der Waals surface area contributed by atoms with Gasteiger partial charge in [0.05, 0.1) is 0 Å². The van der Waals surface area contributed by atoms with Crippen molar-refractivity contribution in [3.05, 3.63) is 28.2 Å². The number of aromatic hydroxyl groups is 1. The Labute approximate surface area is 109 Å². The molecule has 1 rings (SSSR count). The number of carbonyl (C=O) groups excluding carboxylic acids is 1. The van der Waals surface area contributed by atoms with Gasteiger partial charge in [-0.05, 0) is 44.5 Å². The second-order valence-corrected chi connectivity index (χ2v) is 5.59. The Hall–Kier alpha value is -1.23. The van der Waals surface area contributed by atoms with Crippen LogP contribution in [0.2, 0.25) is 0 Å². The second-order valence-electron chi connectivity index (χ2n) is 4.67. The number of rotatable bonds is 2. The molecule has 0 bridgehead atoms. The molecule has 4 nitrogen and oxygen atoms in total. The summed E-state index contributed by atoms with van der Waals surface area (Å²) in [6.45, 7) is 5.72. The number of halogens is 1. The molecule has 0 saturated heterocycles. The largest absolute Gasteiger partial charge is 0.508 e. The van der Waals surface area contributed by atoms with Crippen molar-refractivity contribution >= 4 is 22.0 Å². The SMILES string of the molecule is CC(C)(C)OC(=O)NCc1cc(O)cc(Br)c1. The lowest BCUT2D eigenvalue weighted by Gasteiger charge is -2.19. The lowest BCUT2D eigenvalue weighted by atomic mass is 10.2. The van der Waals surface area contributed by atoms with Crippen LogP contribution < -0.4 is 5.32 Å². The van der Waals surface area contributed by atoms with Gasteiger partial charge in [-0.15, -0.1) is 0 Å². The van der Waals surface area contributed by atoms with E-state index < -0.39 is 11.7 Å². The van der Waals surface area contributed by atoms with E-state index in [1.54, 1.807) is 32.9 Å². The molecule has 0 aromatic heterocycles. The van der Waals surface area contributed by atoms with Gasteiger partial charge in [-0.1, -0.05) is 15.9 Å². The standard InChI is InChI=1S/C12H16BrNO3/c1-12(2,3)17-11(16)14-7-8-4-9(13)6-10(15)5-8/h4-6,15H,7H2,1-3H3,(H,14,16). The molecule has 0 spiro atoms. The Morgan fingerprint density at radius 1 is 1.41 bits per heavy atom. The molecular weight excluding hydrogens is 286 g/mol. The van der Waals surface area contributed by atoms with Crippen molar-refractivity contribution in [3.63, 3.8) is 0 Å². The van der Waals surface area contributed by atoms with Crippen LogP contribution in [0.5, 0.6) is 5.75 Å². The van der Waals surface area contributed by atoms with Crippen molar-refractivity contribution in [3.8, 4) is 5.75 Å². The molecular formula is C12H16BrNO3. The van der Waals surface area contributed by atoms with E-state index in [1.165, 1.54) is 0 Å². The van der Waals surface area contributed by atoms with Gasteiger partial charge in [0.15, 0.2) is 0 Å². The van der Waals surface area contributed by atoms with Gasteiger partial charge in [0, 0.05) is 11.0 Å². The van der Waals surface area contributed by atoms with E-state index in [2.05, 4.69) is 21.2 Å². The molecule has 0 fully saturated rings. The molecule has 94 valence electrons. The van der Waals surface area contributed by atoms with Crippen LogP contribution in [0.1, 0.15) is 26.3 Å². The number of benzene rings is 1. The molecule has 0 aliphatic heterocycles. The van der Waals surface area contributed by atoms with Gasteiger partial charge in [0.2, 0.25) is 0 Å². The third kappa shape index (κ3) is 5.58. The van der Waals surface area contributed by atoms with Crippen LogP contribution in [0.25, 0.3) is 0 Å². The van der Waals surface area contributed by atoms with Crippen molar-refractivity contribution < 1.29 is 14.6 Å².